The van der Waals surface area contributed by atoms with Gasteiger partial charge in [-0.2, -0.15) is 0 Å². The second-order valence-corrected chi connectivity index (χ2v) is 3.87. The molecule has 1 aromatic rings. The fraction of sp³-hybridized carbons (Fsp3) is 0.273. The Morgan fingerprint density at radius 1 is 1.25 bits per heavy atom. The van der Waals surface area contributed by atoms with Crippen LogP contribution in [0.2, 0.25) is 0 Å². The first kappa shape index (κ1) is 11.0. The van der Waals surface area contributed by atoms with Gasteiger partial charge in [0.25, 0.3) is 5.91 Å². The zero-order chi connectivity index (χ0) is 11.5. The van der Waals surface area contributed by atoms with Crippen molar-refractivity contribution in [1.29, 1.82) is 0 Å². The van der Waals surface area contributed by atoms with Gasteiger partial charge in [0.1, 0.15) is 6.04 Å². The number of carbonyl (C=O) groups excluding carboxylic acids is 2. The molecule has 1 N–H and O–H groups in total. The maximum Gasteiger partial charge on any atom is 0.325 e. The number of nitrogens with one attached hydrogen (secondary N) is 1. The lowest BCUT2D eigenvalue weighted by atomic mass is 10.1. The molecule has 0 aliphatic carbocycles. The summed E-state index contributed by atoms with van der Waals surface area (Å²) in [4.78, 5) is 24.6. The Kier molecular flexibility index (Phi) is 3.10. The third-order valence-corrected chi connectivity index (χ3v) is 2.66. The average molecular weight is 239 g/mol. The number of urea groups is 1. The monoisotopic (exact) mass is 238 g/mol. The molecule has 1 heterocycles. The third kappa shape index (κ3) is 1.88. The SMILES string of the molecule is O=C1NC(=O)N(CCCl)C1c1ccccc1. The van der Waals surface area contributed by atoms with Gasteiger partial charge in [0.05, 0.1) is 0 Å². The van der Waals surface area contributed by atoms with Gasteiger partial charge in [0.15, 0.2) is 0 Å². The van der Waals surface area contributed by atoms with Gasteiger partial charge >= 0.3 is 6.03 Å². The molecular formula is C11H11ClN2O2. The number of alkyl halides is 1. The topological polar surface area (TPSA) is 49.4 Å². The molecule has 1 aliphatic heterocycles. The van der Waals surface area contributed by atoms with Crippen molar-refractivity contribution in [3.63, 3.8) is 0 Å². The van der Waals surface area contributed by atoms with Crippen LogP contribution in [0.25, 0.3) is 0 Å². The van der Waals surface area contributed by atoms with Gasteiger partial charge in [0, 0.05) is 12.4 Å². The number of carbonyl (C=O) groups is 2. The minimum Gasteiger partial charge on any atom is -0.307 e. The molecule has 0 radical (unpaired) electrons. The second-order valence-electron chi connectivity index (χ2n) is 3.49. The van der Waals surface area contributed by atoms with E-state index in [1.54, 1.807) is 0 Å². The van der Waals surface area contributed by atoms with Crippen LogP contribution in [0.4, 0.5) is 4.79 Å². The van der Waals surface area contributed by atoms with E-state index in [4.69, 9.17) is 11.6 Å². The molecule has 1 unspecified atom stereocenters. The summed E-state index contributed by atoms with van der Waals surface area (Å²) in [5, 5.41) is 2.29. The van der Waals surface area contributed by atoms with E-state index in [-0.39, 0.29) is 11.9 Å². The zero-order valence-corrected chi connectivity index (χ0v) is 9.28. The van der Waals surface area contributed by atoms with E-state index in [9.17, 15) is 9.59 Å². The van der Waals surface area contributed by atoms with Crippen LogP contribution in [-0.4, -0.2) is 29.3 Å². The summed E-state index contributed by atoms with van der Waals surface area (Å²) in [6.45, 7) is 0.360. The fourth-order valence-corrected chi connectivity index (χ4v) is 1.97. The molecule has 0 aromatic heterocycles. The number of rotatable bonds is 3. The number of benzene rings is 1. The van der Waals surface area contributed by atoms with Gasteiger partial charge in [-0.05, 0) is 5.56 Å². The average Bonchev–Trinajstić information content (AvgIpc) is 2.56. The van der Waals surface area contributed by atoms with Crippen molar-refractivity contribution in [3.05, 3.63) is 35.9 Å². The zero-order valence-electron chi connectivity index (χ0n) is 8.52. The van der Waals surface area contributed by atoms with E-state index in [1.165, 1.54) is 4.90 Å². The Bertz CT molecular complexity index is 408. The highest BCUT2D eigenvalue weighted by atomic mass is 35.5. The lowest BCUT2D eigenvalue weighted by Crippen LogP contribution is -2.31. The van der Waals surface area contributed by atoms with Crippen molar-refractivity contribution in [1.82, 2.24) is 10.2 Å². The lowest BCUT2D eigenvalue weighted by molar-refractivity contribution is -0.121. The number of nitrogens with zero attached hydrogens (tertiary/aromatic N) is 1. The van der Waals surface area contributed by atoms with Crippen molar-refractivity contribution >= 4 is 23.5 Å². The molecule has 0 bridgehead atoms. The Hall–Kier alpha value is -1.55. The van der Waals surface area contributed by atoms with Crippen LogP contribution >= 0.6 is 11.6 Å². The first-order valence-electron chi connectivity index (χ1n) is 4.96. The van der Waals surface area contributed by atoms with Crippen molar-refractivity contribution in [2.45, 2.75) is 6.04 Å². The summed E-state index contributed by atoms with van der Waals surface area (Å²) in [7, 11) is 0. The van der Waals surface area contributed by atoms with Gasteiger partial charge in [-0.3, -0.25) is 10.1 Å². The standard InChI is InChI=1S/C11H11ClN2O2/c12-6-7-14-9(10(15)13-11(14)16)8-4-2-1-3-5-8/h1-5,9H,6-7H2,(H,13,15,16). The predicted octanol–water partition coefficient (Wildman–Crippen LogP) is 1.52. The van der Waals surface area contributed by atoms with E-state index in [0.717, 1.165) is 5.56 Å². The Labute approximate surface area is 98.2 Å². The van der Waals surface area contributed by atoms with Gasteiger partial charge in [-0.15, -0.1) is 11.6 Å². The van der Waals surface area contributed by atoms with Gasteiger partial charge in [0.2, 0.25) is 0 Å². The molecule has 1 aliphatic rings. The predicted molar refractivity (Wildman–Crippen MR) is 60.1 cm³/mol. The minimum absolute atomic E-state index is 0.290. The quantitative estimate of drug-likeness (QED) is 0.641. The summed E-state index contributed by atoms with van der Waals surface area (Å²) in [6, 6.07) is 8.26. The fourth-order valence-electron chi connectivity index (χ4n) is 1.79. The number of imide groups is 1. The molecule has 2 rings (SSSR count). The normalized spacial score (nSPS) is 20.1. The van der Waals surface area contributed by atoms with Gasteiger partial charge < -0.3 is 4.90 Å². The van der Waals surface area contributed by atoms with Crippen molar-refractivity contribution < 1.29 is 9.59 Å². The maximum absolute atomic E-state index is 11.7. The molecule has 0 spiro atoms. The van der Waals surface area contributed by atoms with Gasteiger partial charge in [-0.25, -0.2) is 4.79 Å². The third-order valence-electron chi connectivity index (χ3n) is 2.49. The van der Waals surface area contributed by atoms with Crippen LogP contribution in [0.5, 0.6) is 0 Å². The largest absolute Gasteiger partial charge is 0.325 e. The van der Waals surface area contributed by atoms with Crippen LogP contribution in [0.3, 0.4) is 0 Å². The van der Waals surface area contributed by atoms with Crippen LogP contribution in [-0.2, 0) is 4.79 Å². The molecule has 1 atom stereocenters. The van der Waals surface area contributed by atoms with Crippen molar-refractivity contribution in [3.8, 4) is 0 Å². The lowest BCUT2D eigenvalue weighted by Gasteiger charge is -2.20. The minimum atomic E-state index is -0.549. The molecule has 5 heteroatoms. The highest BCUT2D eigenvalue weighted by Gasteiger charge is 2.38. The molecule has 84 valence electrons. The van der Waals surface area contributed by atoms with Gasteiger partial charge in [-0.1, -0.05) is 30.3 Å². The first-order chi connectivity index (χ1) is 7.74. The Morgan fingerprint density at radius 3 is 2.56 bits per heavy atom. The molecule has 4 nitrogen and oxygen atoms in total. The summed E-state index contributed by atoms with van der Waals surface area (Å²) in [5.41, 5.74) is 0.802. The summed E-state index contributed by atoms with van der Waals surface area (Å²) in [5.74, 6) is 0.0191. The highest BCUT2D eigenvalue weighted by molar-refractivity contribution is 6.18. The van der Waals surface area contributed by atoms with Crippen LogP contribution < -0.4 is 5.32 Å². The number of hydrogen-bond acceptors (Lipinski definition) is 2. The molecule has 1 saturated heterocycles. The Balaban J connectivity index is 2.30. The van der Waals surface area contributed by atoms with E-state index in [1.807, 2.05) is 30.3 Å². The van der Waals surface area contributed by atoms with E-state index in [2.05, 4.69) is 5.32 Å². The van der Waals surface area contributed by atoms with E-state index in [0.29, 0.717) is 12.4 Å². The molecule has 1 aromatic carbocycles. The number of halogens is 1. The van der Waals surface area contributed by atoms with Crippen LogP contribution in [0, 0.1) is 0 Å². The maximum atomic E-state index is 11.7. The molecule has 0 saturated carbocycles. The van der Waals surface area contributed by atoms with Crippen molar-refractivity contribution in [2.24, 2.45) is 0 Å². The van der Waals surface area contributed by atoms with Crippen LogP contribution in [0.1, 0.15) is 11.6 Å². The Morgan fingerprint density at radius 2 is 1.94 bits per heavy atom. The number of amides is 3. The van der Waals surface area contributed by atoms with Crippen LogP contribution in [0.15, 0.2) is 30.3 Å². The highest BCUT2D eigenvalue weighted by Crippen LogP contribution is 2.25. The van der Waals surface area contributed by atoms with E-state index >= 15 is 0 Å². The van der Waals surface area contributed by atoms with Crippen molar-refractivity contribution in [2.75, 3.05) is 12.4 Å². The summed E-state index contributed by atoms with van der Waals surface area (Å²) >= 11 is 5.61. The number of hydrogen-bond donors (Lipinski definition) is 1. The van der Waals surface area contributed by atoms with E-state index < -0.39 is 6.04 Å². The second kappa shape index (κ2) is 4.53. The molecular weight excluding hydrogens is 228 g/mol. The first-order valence-corrected chi connectivity index (χ1v) is 5.50. The smallest absolute Gasteiger partial charge is 0.307 e. The molecule has 3 amide bonds. The summed E-state index contributed by atoms with van der Waals surface area (Å²) < 4.78 is 0. The summed E-state index contributed by atoms with van der Waals surface area (Å²) in [6.07, 6.45) is 0. The molecule has 1 fully saturated rings. The molecule has 16 heavy (non-hydrogen) atoms.